The summed E-state index contributed by atoms with van der Waals surface area (Å²) in [6.45, 7) is 6.20. The molecule has 3 N–H and O–H groups in total. The Balaban J connectivity index is 1.90. The molecule has 3 rings (SSSR count). The first kappa shape index (κ1) is 26.2. The molecule has 7 nitrogen and oxygen atoms in total. The lowest BCUT2D eigenvalue weighted by Gasteiger charge is -2.31. The maximum absolute atomic E-state index is 12.9. The number of benzene rings is 1. The average molecular weight is 502 g/mol. The van der Waals surface area contributed by atoms with Crippen molar-refractivity contribution in [3.8, 4) is 0 Å². The first-order valence-corrected chi connectivity index (χ1v) is 12.8. The largest absolute Gasteiger partial charge is 0.405 e. The van der Waals surface area contributed by atoms with Crippen LogP contribution in [0.1, 0.15) is 55.2 Å². The third-order valence-electron chi connectivity index (χ3n) is 5.99. The number of sulfone groups is 1. The van der Waals surface area contributed by atoms with E-state index in [1.807, 2.05) is 20.8 Å². The van der Waals surface area contributed by atoms with E-state index in [-0.39, 0.29) is 36.6 Å². The molecule has 0 aliphatic carbocycles. The highest BCUT2D eigenvalue weighted by Gasteiger charge is 2.36. The second-order valence-corrected chi connectivity index (χ2v) is 12.3. The van der Waals surface area contributed by atoms with Crippen molar-refractivity contribution < 1.29 is 31.5 Å². The molecule has 0 spiro atoms. The van der Waals surface area contributed by atoms with Gasteiger partial charge in [-0.05, 0) is 54.5 Å². The van der Waals surface area contributed by atoms with Crippen molar-refractivity contribution in [3.63, 3.8) is 0 Å². The topological polar surface area (TPSA) is 108 Å². The van der Waals surface area contributed by atoms with Gasteiger partial charge in [0.05, 0.1) is 22.6 Å². The molecule has 0 atom stereocenters. The molecule has 0 unspecified atom stereocenters. The molecule has 1 saturated heterocycles. The Morgan fingerprint density at radius 1 is 1.15 bits per heavy atom. The van der Waals surface area contributed by atoms with Crippen molar-refractivity contribution >= 4 is 32.3 Å². The van der Waals surface area contributed by atoms with Crippen LogP contribution in [0.25, 0.3) is 10.9 Å². The monoisotopic (exact) mass is 501 g/mol. The number of hydrogen-bond acceptors (Lipinski definition) is 6. The van der Waals surface area contributed by atoms with Crippen LogP contribution in [0.4, 0.5) is 18.9 Å². The molecular weight excluding hydrogens is 471 g/mol. The van der Waals surface area contributed by atoms with Gasteiger partial charge in [-0.1, -0.05) is 20.8 Å². The zero-order chi connectivity index (χ0) is 25.5. The zero-order valence-electron chi connectivity index (χ0n) is 19.6. The fourth-order valence-corrected chi connectivity index (χ4v) is 5.50. The fraction of sp³-hybridized carbons (Fsp3) is 0.565. The molecule has 2 aromatic rings. The predicted molar refractivity (Wildman–Crippen MR) is 125 cm³/mol. The molecule has 1 aliphatic rings. The van der Waals surface area contributed by atoms with Crippen LogP contribution in [0.2, 0.25) is 0 Å². The Morgan fingerprint density at radius 3 is 2.32 bits per heavy atom. The van der Waals surface area contributed by atoms with Crippen molar-refractivity contribution in [2.45, 2.75) is 57.7 Å². The van der Waals surface area contributed by atoms with E-state index < -0.39 is 39.5 Å². The molecule has 1 aromatic carbocycles. The van der Waals surface area contributed by atoms with E-state index in [2.05, 4.69) is 15.6 Å². The van der Waals surface area contributed by atoms with Gasteiger partial charge in [0.2, 0.25) is 0 Å². The van der Waals surface area contributed by atoms with E-state index in [0.29, 0.717) is 27.7 Å². The van der Waals surface area contributed by atoms with Gasteiger partial charge in [-0.15, -0.1) is 0 Å². The summed E-state index contributed by atoms with van der Waals surface area (Å²) in [4.78, 5) is 17.4. The third kappa shape index (κ3) is 6.38. The molecule has 11 heteroatoms. The summed E-state index contributed by atoms with van der Waals surface area (Å²) in [5, 5.41) is 16.3. The highest BCUT2D eigenvalue weighted by atomic mass is 32.2. The summed E-state index contributed by atoms with van der Waals surface area (Å²) in [7, 11) is -3.16. The number of hydrogen-bond donors (Lipinski definition) is 3. The number of fused-ring (bicyclic) bond motifs is 1. The summed E-state index contributed by atoms with van der Waals surface area (Å²) in [6, 6.07) is 4.76. The normalized spacial score (nSPS) is 18.0. The van der Waals surface area contributed by atoms with Crippen LogP contribution in [0.15, 0.2) is 18.2 Å². The number of aryl methyl sites for hydroxylation is 1. The van der Waals surface area contributed by atoms with Gasteiger partial charge < -0.3 is 15.7 Å². The maximum Gasteiger partial charge on any atom is 0.405 e. The molecule has 0 saturated carbocycles. The minimum absolute atomic E-state index is 0.0433. The molecule has 0 radical (unpaired) electrons. The Hall–Kier alpha value is -2.40. The summed E-state index contributed by atoms with van der Waals surface area (Å²) in [5.74, 6) is -0.787. The van der Waals surface area contributed by atoms with Gasteiger partial charge in [0.1, 0.15) is 12.2 Å². The van der Waals surface area contributed by atoms with Gasteiger partial charge in [-0.3, -0.25) is 4.79 Å². The van der Waals surface area contributed by atoms with Gasteiger partial charge in [-0.25, -0.2) is 13.4 Å². The number of amides is 1. The molecule has 1 amide bonds. The number of alkyl halides is 3. The molecular formula is C23H30F3N3O4S. The van der Waals surface area contributed by atoms with Crippen LogP contribution >= 0.6 is 0 Å². The molecule has 188 valence electrons. The lowest BCUT2D eigenvalue weighted by Crippen LogP contribution is -2.48. The third-order valence-corrected chi connectivity index (χ3v) is 7.64. The Labute approximate surface area is 197 Å². The number of nitrogens with one attached hydrogen (secondary N) is 2. The van der Waals surface area contributed by atoms with Crippen LogP contribution < -0.4 is 10.6 Å². The number of aliphatic hydroxyl groups is 1. The lowest BCUT2D eigenvalue weighted by atomic mass is 9.84. The van der Waals surface area contributed by atoms with Crippen molar-refractivity contribution in [3.05, 3.63) is 35.0 Å². The first-order valence-electron chi connectivity index (χ1n) is 11.0. The Bertz CT molecular complexity index is 1190. The molecule has 34 heavy (non-hydrogen) atoms. The molecule has 1 aromatic heterocycles. The van der Waals surface area contributed by atoms with E-state index in [4.69, 9.17) is 0 Å². The lowest BCUT2D eigenvalue weighted by molar-refractivity contribution is -0.115. The van der Waals surface area contributed by atoms with E-state index in [0.717, 1.165) is 0 Å². The van der Waals surface area contributed by atoms with Gasteiger partial charge in [0.15, 0.2) is 9.84 Å². The highest BCUT2D eigenvalue weighted by Crippen LogP contribution is 2.34. The SMILES string of the molecule is Cc1cc(C(=O)NCC2(O)CCS(=O)(=O)CC2)nc2c(C(C)(C)C)cc(NCC(F)(F)F)cc12. The van der Waals surface area contributed by atoms with Gasteiger partial charge in [0, 0.05) is 17.6 Å². The number of carbonyl (C=O) groups excluding carboxylic acids is 1. The van der Waals surface area contributed by atoms with Crippen molar-refractivity contribution in [1.29, 1.82) is 0 Å². The average Bonchev–Trinajstić information content (AvgIpc) is 2.71. The molecule has 2 heterocycles. The second kappa shape index (κ2) is 8.99. The number of pyridine rings is 1. The van der Waals surface area contributed by atoms with Crippen LogP contribution in [0, 0.1) is 6.92 Å². The van der Waals surface area contributed by atoms with E-state index in [1.54, 1.807) is 25.1 Å². The minimum atomic E-state index is -4.36. The standard InChI is InChI=1S/C23H30F3N3O4S/c1-14-9-18(20(30)28-12-22(31)5-7-34(32,33)8-6-22)29-19-16(14)10-15(27-13-23(24,25)26)11-17(19)21(2,3)4/h9-11,27,31H,5-8,12-13H2,1-4H3,(H,28,30). The first-order chi connectivity index (χ1) is 15.5. The summed E-state index contributed by atoms with van der Waals surface area (Å²) in [6.07, 6.45) is -4.28. The van der Waals surface area contributed by atoms with Gasteiger partial charge >= 0.3 is 6.18 Å². The molecule has 0 bridgehead atoms. The van der Waals surface area contributed by atoms with Crippen LogP contribution in [0.3, 0.4) is 0 Å². The van der Waals surface area contributed by atoms with Crippen LogP contribution in [-0.4, -0.2) is 60.8 Å². The molecule has 1 aliphatic heterocycles. The quantitative estimate of drug-likeness (QED) is 0.579. The number of aromatic nitrogens is 1. The molecule has 1 fully saturated rings. The second-order valence-electron chi connectivity index (χ2n) is 10.0. The van der Waals surface area contributed by atoms with Crippen molar-refractivity contribution in [2.24, 2.45) is 0 Å². The number of rotatable bonds is 5. The van der Waals surface area contributed by atoms with Crippen LogP contribution in [0.5, 0.6) is 0 Å². The number of anilines is 1. The highest BCUT2D eigenvalue weighted by molar-refractivity contribution is 7.91. The predicted octanol–water partition coefficient (Wildman–Crippen LogP) is 3.48. The van der Waals surface area contributed by atoms with Gasteiger partial charge in [-0.2, -0.15) is 13.2 Å². The summed E-state index contributed by atoms with van der Waals surface area (Å²) >= 11 is 0. The zero-order valence-corrected chi connectivity index (χ0v) is 20.5. The van der Waals surface area contributed by atoms with Gasteiger partial charge in [0.25, 0.3) is 5.91 Å². The number of halogens is 3. The smallest absolute Gasteiger partial charge is 0.388 e. The van der Waals surface area contributed by atoms with Crippen LogP contribution in [-0.2, 0) is 15.3 Å². The maximum atomic E-state index is 12.9. The Kier molecular flexibility index (Phi) is 6.93. The summed E-state index contributed by atoms with van der Waals surface area (Å²) < 4.78 is 61.4. The fourth-order valence-electron chi connectivity index (χ4n) is 3.91. The minimum Gasteiger partial charge on any atom is -0.388 e. The van der Waals surface area contributed by atoms with Crippen molar-refractivity contribution in [2.75, 3.05) is 29.9 Å². The Morgan fingerprint density at radius 2 is 1.76 bits per heavy atom. The van der Waals surface area contributed by atoms with E-state index in [1.165, 1.54) is 0 Å². The van der Waals surface area contributed by atoms with Crippen molar-refractivity contribution in [1.82, 2.24) is 10.3 Å². The number of carbonyl (C=O) groups is 1. The van der Waals surface area contributed by atoms with E-state index >= 15 is 0 Å². The number of nitrogens with zero attached hydrogens (tertiary/aromatic N) is 1. The summed E-state index contributed by atoms with van der Waals surface area (Å²) in [5.41, 5.74) is 0.512. The van der Waals surface area contributed by atoms with E-state index in [9.17, 15) is 31.5 Å².